The predicted octanol–water partition coefficient (Wildman–Crippen LogP) is 4.01. The van der Waals surface area contributed by atoms with Gasteiger partial charge in [0.1, 0.15) is 11.4 Å². The summed E-state index contributed by atoms with van der Waals surface area (Å²) < 4.78 is 34.9. The van der Waals surface area contributed by atoms with E-state index in [-0.39, 0.29) is 28.8 Å². The van der Waals surface area contributed by atoms with Crippen LogP contribution in [0.25, 0.3) is 5.69 Å². The largest absolute Gasteiger partial charge is 0.593 e. The average molecular weight is 498 g/mol. The van der Waals surface area contributed by atoms with Crippen molar-refractivity contribution in [2.45, 2.75) is 64.4 Å². The molecule has 1 aromatic carbocycles. The van der Waals surface area contributed by atoms with Crippen LogP contribution in [0.2, 0.25) is 0 Å². The van der Waals surface area contributed by atoms with Crippen molar-refractivity contribution in [3.05, 3.63) is 58.7 Å². The second-order valence-corrected chi connectivity index (χ2v) is 11.7. The third-order valence-electron chi connectivity index (χ3n) is 7.15. The molecule has 2 aliphatic rings. The van der Waals surface area contributed by atoms with E-state index in [0.29, 0.717) is 43.1 Å². The van der Waals surface area contributed by atoms with Crippen molar-refractivity contribution in [2.75, 3.05) is 13.1 Å². The summed E-state index contributed by atoms with van der Waals surface area (Å²) in [5.74, 6) is 0.460. The lowest BCUT2D eigenvalue weighted by atomic mass is 9.94. The van der Waals surface area contributed by atoms with E-state index in [4.69, 9.17) is 9.62 Å². The number of benzene rings is 1. The Balaban J connectivity index is 1.43. The Hall–Kier alpha value is -2.82. The van der Waals surface area contributed by atoms with E-state index < -0.39 is 10.4 Å². The molecule has 1 fully saturated rings. The van der Waals surface area contributed by atoms with Gasteiger partial charge in [0.25, 0.3) is 5.91 Å². The summed E-state index contributed by atoms with van der Waals surface area (Å²) in [6.45, 7) is 10.1. The number of para-hydroxylation sites is 1. The number of nitrogens with zero attached hydrogens (tertiary/aromatic N) is 5. The minimum absolute atomic E-state index is 0.0322. The molecule has 2 aromatic heterocycles. The van der Waals surface area contributed by atoms with Gasteiger partial charge in [-0.1, -0.05) is 41.4 Å². The number of aryl methyl sites for hydroxylation is 3. The minimum atomic E-state index is -3.70. The molecule has 0 spiro atoms. The maximum Gasteiger partial charge on any atom is 0.273 e. The van der Waals surface area contributed by atoms with Crippen LogP contribution in [0.5, 0.6) is 0 Å². The van der Waals surface area contributed by atoms with Crippen molar-refractivity contribution >= 4 is 16.3 Å². The highest BCUT2D eigenvalue weighted by molar-refractivity contribution is 7.95. The molecule has 35 heavy (non-hydrogen) atoms. The topological polar surface area (TPSA) is 108 Å². The highest BCUT2D eigenvalue weighted by Gasteiger charge is 2.48. The Labute approximate surface area is 206 Å². The van der Waals surface area contributed by atoms with Crippen molar-refractivity contribution in [1.82, 2.24) is 24.1 Å². The van der Waals surface area contributed by atoms with Gasteiger partial charge in [-0.25, -0.2) is 4.68 Å². The quantitative estimate of drug-likeness (QED) is 0.493. The predicted molar refractivity (Wildman–Crippen MR) is 130 cm³/mol. The summed E-state index contributed by atoms with van der Waals surface area (Å²) in [6, 6.07) is 9.56. The monoisotopic (exact) mass is 497 g/mol. The number of carbonyl (C=O) groups is 1. The molecule has 0 radical (unpaired) electrons. The molecule has 2 unspecified atom stereocenters. The van der Waals surface area contributed by atoms with Crippen LogP contribution >= 0.6 is 0 Å². The minimum Gasteiger partial charge on any atom is -0.593 e. The number of hydrogen-bond donors (Lipinski definition) is 0. The number of sulfonamides is 1. The third-order valence-corrected chi connectivity index (χ3v) is 9.30. The van der Waals surface area contributed by atoms with E-state index in [1.807, 2.05) is 42.2 Å². The van der Waals surface area contributed by atoms with Gasteiger partial charge in [0.05, 0.1) is 17.4 Å². The molecule has 3 aromatic rings. The summed E-state index contributed by atoms with van der Waals surface area (Å²) in [7, 11) is -3.70. The summed E-state index contributed by atoms with van der Waals surface area (Å²) in [4.78, 5) is 16.0. The van der Waals surface area contributed by atoms with Crippen LogP contribution in [-0.4, -0.2) is 53.7 Å². The molecule has 10 heteroatoms. The number of rotatable bonds is 5. The highest BCUT2D eigenvalue weighted by Crippen LogP contribution is 2.44. The van der Waals surface area contributed by atoms with Crippen molar-refractivity contribution in [3.63, 3.8) is 0 Å². The Morgan fingerprint density at radius 2 is 1.74 bits per heavy atom. The zero-order valence-electron chi connectivity index (χ0n) is 20.7. The van der Waals surface area contributed by atoms with Gasteiger partial charge in [-0.3, -0.25) is 4.79 Å². The zero-order valence-corrected chi connectivity index (χ0v) is 21.5. The van der Waals surface area contributed by atoms with E-state index in [9.17, 15) is 13.6 Å². The molecule has 0 N–H and O–H groups in total. The molecule has 5 rings (SSSR count). The van der Waals surface area contributed by atoms with E-state index in [1.165, 1.54) is 4.31 Å². The molecule has 0 bridgehead atoms. The number of fused-ring (bicyclic) bond motifs is 1. The molecule has 186 valence electrons. The number of hydrogen-bond acceptors (Lipinski definition) is 6. The molecule has 4 heterocycles. The van der Waals surface area contributed by atoms with Crippen LogP contribution in [0.15, 0.2) is 39.8 Å². The summed E-state index contributed by atoms with van der Waals surface area (Å²) in [5.41, 5.74) is 3.69. The van der Waals surface area contributed by atoms with Gasteiger partial charge >= 0.3 is 0 Å². The summed E-state index contributed by atoms with van der Waals surface area (Å²) in [6.07, 6.45) is 1.14. The SMILES string of the molecule is Cc1nn(-c2ccccc2)c2c1C(C(C)C)N(C1CCN([S+](=O)([O-])c3c(C)noc3C)CC1)C2=O. The first-order valence-electron chi connectivity index (χ1n) is 12.0. The molecule has 2 atom stereocenters. The number of aromatic nitrogens is 3. The van der Waals surface area contributed by atoms with Crippen LogP contribution < -0.4 is 0 Å². The number of amides is 1. The number of carbonyl (C=O) groups excluding carboxylic acids is 1. The van der Waals surface area contributed by atoms with Crippen LogP contribution in [0.4, 0.5) is 0 Å². The smallest absolute Gasteiger partial charge is 0.273 e. The van der Waals surface area contributed by atoms with Crippen molar-refractivity contribution in [2.24, 2.45) is 5.92 Å². The van der Waals surface area contributed by atoms with Gasteiger partial charge in [0.2, 0.25) is 4.90 Å². The van der Waals surface area contributed by atoms with Gasteiger partial charge < -0.3 is 14.0 Å². The fraction of sp³-hybridized carbons (Fsp3) is 0.480. The van der Waals surface area contributed by atoms with Gasteiger partial charge in [0, 0.05) is 31.6 Å². The van der Waals surface area contributed by atoms with Crippen molar-refractivity contribution < 1.29 is 18.1 Å². The second-order valence-electron chi connectivity index (χ2n) is 9.78. The van der Waals surface area contributed by atoms with Crippen LogP contribution in [0.1, 0.15) is 65.9 Å². The van der Waals surface area contributed by atoms with Gasteiger partial charge in [-0.05, 0) is 44.7 Å². The Morgan fingerprint density at radius 3 is 2.31 bits per heavy atom. The lowest BCUT2D eigenvalue weighted by Crippen LogP contribution is -2.50. The average Bonchev–Trinajstić information content (AvgIpc) is 3.46. The standard InChI is InChI=1S/C25H31N5O4S/c1-15(2)22-21-16(3)26-30(20-9-7-6-8-10-20)23(21)25(31)29(22)19-11-13-28(14-12-19)35(32,33)24-17(4)27-34-18(24)5/h6-10,15,19,22H,11-14H2,1-5H3. The Morgan fingerprint density at radius 1 is 1.09 bits per heavy atom. The Bertz CT molecular complexity index is 1290. The van der Waals surface area contributed by atoms with Gasteiger partial charge in [0.15, 0.2) is 16.2 Å². The fourth-order valence-electron chi connectivity index (χ4n) is 5.62. The summed E-state index contributed by atoms with van der Waals surface area (Å²) >= 11 is 0. The maximum absolute atomic E-state index is 13.9. The van der Waals surface area contributed by atoms with E-state index >= 15 is 0 Å². The second kappa shape index (κ2) is 8.69. The van der Waals surface area contributed by atoms with Crippen molar-refractivity contribution in [3.8, 4) is 5.69 Å². The normalized spacial score (nSPS) is 21.1. The van der Waals surface area contributed by atoms with Crippen molar-refractivity contribution in [1.29, 1.82) is 0 Å². The molecular weight excluding hydrogens is 466 g/mol. The fourth-order valence-corrected chi connectivity index (χ4v) is 7.38. The van der Waals surface area contributed by atoms with Crippen LogP contribution in [-0.2, 0) is 14.6 Å². The molecule has 1 saturated heterocycles. The first-order chi connectivity index (χ1) is 16.6. The zero-order chi connectivity index (χ0) is 25.1. The first kappa shape index (κ1) is 23.9. The third kappa shape index (κ3) is 3.75. The molecule has 0 saturated carbocycles. The molecule has 0 aliphatic carbocycles. The van der Waals surface area contributed by atoms with Gasteiger partial charge in [-0.15, -0.1) is 4.31 Å². The highest BCUT2D eigenvalue weighted by atomic mass is 32.3. The van der Waals surface area contributed by atoms with E-state index in [1.54, 1.807) is 18.5 Å². The molecule has 2 aliphatic heterocycles. The molecule has 1 amide bonds. The lowest BCUT2D eigenvalue weighted by molar-refractivity contribution is 0.0470. The molecular formula is C25H31N5O4S. The first-order valence-corrected chi connectivity index (χ1v) is 13.5. The Kier molecular flexibility index (Phi) is 5.93. The lowest BCUT2D eigenvalue weighted by Gasteiger charge is -2.40. The van der Waals surface area contributed by atoms with Crippen LogP contribution in [0.3, 0.4) is 0 Å². The number of piperidine rings is 1. The molecule has 9 nitrogen and oxygen atoms in total. The van der Waals surface area contributed by atoms with Crippen LogP contribution in [0, 0.1) is 26.7 Å². The van der Waals surface area contributed by atoms with Gasteiger partial charge in [-0.2, -0.15) is 5.10 Å². The van der Waals surface area contributed by atoms with E-state index in [2.05, 4.69) is 19.0 Å². The maximum atomic E-state index is 13.9. The van der Waals surface area contributed by atoms with E-state index in [0.717, 1.165) is 16.9 Å². The summed E-state index contributed by atoms with van der Waals surface area (Å²) in [5, 5.41) is 8.53.